The molecule has 0 bridgehead atoms. The fourth-order valence-electron chi connectivity index (χ4n) is 0.992. The van der Waals surface area contributed by atoms with E-state index in [4.69, 9.17) is 9.47 Å². The third kappa shape index (κ3) is 6.46. The molecular formula is C10H19IO2. The largest absolute Gasteiger partial charge is 0.353 e. The summed E-state index contributed by atoms with van der Waals surface area (Å²) in [5.41, 5.74) is 0. The normalized spacial score (nSPS) is 16.8. The predicted molar refractivity (Wildman–Crippen MR) is 64.0 cm³/mol. The van der Waals surface area contributed by atoms with Crippen LogP contribution in [0.2, 0.25) is 0 Å². The molecule has 0 aliphatic rings. The van der Waals surface area contributed by atoms with E-state index in [1.165, 1.54) is 0 Å². The van der Waals surface area contributed by atoms with Gasteiger partial charge < -0.3 is 9.47 Å². The molecule has 0 radical (unpaired) electrons. The van der Waals surface area contributed by atoms with Crippen LogP contribution >= 0.6 is 22.6 Å². The topological polar surface area (TPSA) is 18.5 Å². The Balaban J connectivity index is 3.94. The van der Waals surface area contributed by atoms with E-state index in [0.717, 1.165) is 0 Å². The summed E-state index contributed by atoms with van der Waals surface area (Å²) in [5.74, 6) is 0.480. The van der Waals surface area contributed by atoms with Gasteiger partial charge >= 0.3 is 0 Å². The van der Waals surface area contributed by atoms with Crippen molar-refractivity contribution in [1.82, 2.24) is 0 Å². The molecule has 78 valence electrons. The third-order valence-electron chi connectivity index (χ3n) is 1.67. The highest BCUT2D eigenvalue weighted by atomic mass is 127. The zero-order valence-electron chi connectivity index (χ0n) is 8.79. The maximum atomic E-state index is 5.68. The lowest BCUT2D eigenvalue weighted by molar-refractivity contribution is -0.154. The lowest BCUT2D eigenvalue weighted by Crippen LogP contribution is -2.24. The quantitative estimate of drug-likeness (QED) is 0.553. The summed E-state index contributed by atoms with van der Waals surface area (Å²) in [6, 6.07) is 0. The second-order valence-corrected chi connectivity index (χ2v) is 3.91. The maximum Gasteiger partial charge on any atom is 0.155 e. The van der Waals surface area contributed by atoms with Gasteiger partial charge in [0.25, 0.3) is 0 Å². The molecule has 2 nitrogen and oxygen atoms in total. The van der Waals surface area contributed by atoms with Crippen molar-refractivity contribution < 1.29 is 9.47 Å². The van der Waals surface area contributed by atoms with Crippen LogP contribution in [0.4, 0.5) is 0 Å². The summed E-state index contributed by atoms with van der Waals surface area (Å²) < 4.78 is 13.0. The molecule has 0 amide bonds. The van der Waals surface area contributed by atoms with Gasteiger partial charge in [-0.1, -0.05) is 36.4 Å². The standard InChI is InChI=1S/C10H19IO2/c1-5-12-9(4)13-10(6-7-11)8(2)3/h6-10H,5H2,1-4H3/b7-6+/t9?,10-/m1/s1. The van der Waals surface area contributed by atoms with Crippen LogP contribution in [0, 0.1) is 5.92 Å². The summed E-state index contributed by atoms with van der Waals surface area (Å²) in [6.45, 7) is 8.87. The van der Waals surface area contributed by atoms with Gasteiger partial charge in [-0.3, -0.25) is 0 Å². The van der Waals surface area contributed by atoms with Gasteiger partial charge in [-0.25, -0.2) is 0 Å². The Labute approximate surface area is 94.8 Å². The van der Waals surface area contributed by atoms with Crippen LogP contribution in [-0.2, 0) is 9.47 Å². The molecule has 0 saturated heterocycles. The fourth-order valence-corrected chi connectivity index (χ4v) is 1.40. The molecule has 2 atom stereocenters. The monoisotopic (exact) mass is 298 g/mol. The van der Waals surface area contributed by atoms with Crippen molar-refractivity contribution >= 4 is 22.6 Å². The van der Waals surface area contributed by atoms with Crippen LogP contribution in [0.1, 0.15) is 27.7 Å². The van der Waals surface area contributed by atoms with Gasteiger partial charge in [-0.2, -0.15) is 0 Å². The van der Waals surface area contributed by atoms with Crippen molar-refractivity contribution in [3.8, 4) is 0 Å². The Kier molecular flexibility index (Phi) is 8.00. The zero-order chi connectivity index (χ0) is 10.3. The fraction of sp³-hybridized carbons (Fsp3) is 0.800. The predicted octanol–water partition coefficient (Wildman–Crippen LogP) is 3.36. The van der Waals surface area contributed by atoms with Crippen LogP contribution in [0.5, 0.6) is 0 Å². The van der Waals surface area contributed by atoms with E-state index >= 15 is 0 Å². The highest BCUT2D eigenvalue weighted by Gasteiger charge is 2.13. The minimum absolute atomic E-state index is 0.120. The van der Waals surface area contributed by atoms with E-state index in [1.54, 1.807) is 0 Å². The highest BCUT2D eigenvalue weighted by molar-refractivity contribution is 14.1. The molecule has 0 aromatic carbocycles. The smallest absolute Gasteiger partial charge is 0.155 e. The third-order valence-corrected chi connectivity index (χ3v) is 2.08. The van der Waals surface area contributed by atoms with Gasteiger partial charge in [0.1, 0.15) is 0 Å². The first-order chi connectivity index (χ1) is 6.11. The van der Waals surface area contributed by atoms with Crippen molar-refractivity contribution in [2.45, 2.75) is 40.1 Å². The lowest BCUT2D eigenvalue weighted by atomic mass is 10.1. The van der Waals surface area contributed by atoms with Gasteiger partial charge in [0, 0.05) is 6.61 Å². The summed E-state index contributed by atoms with van der Waals surface area (Å²) in [7, 11) is 0. The van der Waals surface area contributed by atoms with E-state index in [1.807, 2.05) is 17.9 Å². The lowest BCUT2D eigenvalue weighted by Gasteiger charge is -2.22. The molecule has 0 N–H and O–H groups in total. The Morgan fingerprint density at radius 1 is 1.31 bits per heavy atom. The Morgan fingerprint density at radius 2 is 1.92 bits per heavy atom. The molecule has 0 aromatic rings. The molecule has 1 unspecified atom stereocenters. The zero-order valence-corrected chi connectivity index (χ0v) is 10.9. The van der Waals surface area contributed by atoms with Crippen LogP contribution < -0.4 is 0 Å². The van der Waals surface area contributed by atoms with Crippen LogP contribution in [0.3, 0.4) is 0 Å². The second-order valence-electron chi connectivity index (χ2n) is 3.19. The van der Waals surface area contributed by atoms with Crippen LogP contribution in [0.25, 0.3) is 0 Å². The van der Waals surface area contributed by atoms with E-state index in [-0.39, 0.29) is 12.4 Å². The van der Waals surface area contributed by atoms with E-state index in [9.17, 15) is 0 Å². The minimum atomic E-state index is -0.120. The van der Waals surface area contributed by atoms with Crippen LogP contribution in [0.15, 0.2) is 10.2 Å². The van der Waals surface area contributed by atoms with Crippen molar-refractivity contribution in [2.75, 3.05) is 6.61 Å². The number of hydrogen-bond donors (Lipinski definition) is 0. The van der Waals surface area contributed by atoms with Crippen molar-refractivity contribution in [2.24, 2.45) is 5.92 Å². The first kappa shape index (κ1) is 13.4. The molecule has 0 fully saturated rings. The van der Waals surface area contributed by atoms with Gasteiger partial charge in [0.15, 0.2) is 6.29 Å². The summed E-state index contributed by atoms with van der Waals surface area (Å²) in [5, 5.41) is 0. The molecule has 0 spiro atoms. The Morgan fingerprint density at radius 3 is 2.31 bits per heavy atom. The van der Waals surface area contributed by atoms with Crippen molar-refractivity contribution in [3.05, 3.63) is 10.2 Å². The summed E-state index contributed by atoms with van der Waals surface area (Å²) >= 11 is 2.20. The van der Waals surface area contributed by atoms with E-state index in [2.05, 4.69) is 42.5 Å². The molecule has 0 heterocycles. The van der Waals surface area contributed by atoms with Gasteiger partial charge in [0.05, 0.1) is 6.10 Å². The minimum Gasteiger partial charge on any atom is -0.353 e. The summed E-state index contributed by atoms with van der Waals surface area (Å²) in [6.07, 6.45) is 2.09. The van der Waals surface area contributed by atoms with Crippen molar-refractivity contribution in [3.63, 3.8) is 0 Å². The second kappa shape index (κ2) is 7.76. The Hall–Kier alpha value is 0.390. The van der Waals surface area contributed by atoms with E-state index < -0.39 is 0 Å². The van der Waals surface area contributed by atoms with E-state index in [0.29, 0.717) is 12.5 Å². The Bertz CT molecular complexity index is 146. The summed E-state index contributed by atoms with van der Waals surface area (Å²) in [4.78, 5) is 0. The highest BCUT2D eigenvalue weighted by Crippen LogP contribution is 2.12. The maximum absolute atomic E-state index is 5.68. The first-order valence-corrected chi connectivity index (χ1v) is 5.90. The first-order valence-electron chi connectivity index (χ1n) is 4.65. The van der Waals surface area contributed by atoms with Gasteiger partial charge in [-0.15, -0.1) is 0 Å². The molecule has 0 saturated carbocycles. The number of rotatable bonds is 6. The average molecular weight is 298 g/mol. The molecule has 3 heteroatoms. The van der Waals surface area contributed by atoms with Crippen molar-refractivity contribution in [1.29, 1.82) is 0 Å². The van der Waals surface area contributed by atoms with Gasteiger partial charge in [-0.05, 0) is 29.9 Å². The number of hydrogen-bond acceptors (Lipinski definition) is 2. The SMILES string of the molecule is CCOC(C)O[C@H](/C=C/I)C(C)C. The molecule has 13 heavy (non-hydrogen) atoms. The number of halogens is 1. The van der Waals surface area contributed by atoms with Crippen LogP contribution in [-0.4, -0.2) is 19.0 Å². The van der Waals surface area contributed by atoms with Gasteiger partial charge in [0.2, 0.25) is 0 Å². The molecule has 0 aliphatic heterocycles. The molecule has 0 rings (SSSR count). The molecule has 0 aromatic heterocycles. The number of ether oxygens (including phenoxy) is 2. The average Bonchev–Trinajstić information content (AvgIpc) is 2.04. The molecular weight excluding hydrogens is 279 g/mol. The molecule has 0 aliphatic carbocycles.